The normalized spacial score (nSPS) is 15.6. The highest BCUT2D eigenvalue weighted by Gasteiger charge is 2.25. The van der Waals surface area contributed by atoms with Crippen LogP contribution >= 0.6 is 0 Å². The maximum absolute atomic E-state index is 12.0. The standard InChI is InChI=1S/C11H12N2O4/c14-10(13-6-1-2-7-17-13)9-8(11(15)16)4-3-5-12-9/h3-5H,1-2,6-7H2,(H,15,16). The van der Waals surface area contributed by atoms with E-state index in [9.17, 15) is 9.59 Å². The topological polar surface area (TPSA) is 79.7 Å². The summed E-state index contributed by atoms with van der Waals surface area (Å²) >= 11 is 0. The van der Waals surface area contributed by atoms with Gasteiger partial charge in [0.25, 0.3) is 5.91 Å². The highest BCUT2D eigenvalue weighted by Crippen LogP contribution is 2.13. The zero-order valence-corrected chi connectivity index (χ0v) is 9.13. The maximum Gasteiger partial charge on any atom is 0.338 e. The summed E-state index contributed by atoms with van der Waals surface area (Å²) in [5.74, 6) is -1.67. The van der Waals surface area contributed by atoms with Gasteiger partial charge >= 0.3 is 5.97 Å². The number of hydroxylamine groups is 2. The number of amides is 1. The molecule has 1 saturated heterocycles. The molecular weight excluding hydrogens is 224 g/mol. The Kier molecular flexibility index (Phi) is 3.34. The summed E-state index contributed by atoms with van der Waals surface area (Å²) in [4.78, 5) is 32.0. The molecule has 0 bridgehead atoms. The third-order valence-electron chi connectivity index (χ3n) is 2.47. The first kappa shape index (κ1) is 11.5. The van der Waals surface area contributed by atoms with Crippen molar-refractivity contribution in [3.8, 4) is 0 Å². The lowest BCUT2D eigenvalue weighted by Gasteiger charge is -2.25. The van der Waals surface area contributed by atoms with Crippen LogP contribution in [0.25, 0.3) is 0 Å². The van der Waals surface area contributed by atoms with Crippen LogP contribution in [-0.4, -0.2) is 40.2 Å². The number of hydrogen-bond donors (Lipinski definition) is 1. The lowest BCUT2D eigenvalue weighted by molar-refractivity contribution is -0.144. The van der Waals surface area contributed by atoms with Crippen LogP contribution in [0, 0.1) is 0 Å². The van der Waals surface area contributed by atoms with Crippen molar-refractivity contribution in [3.63, 3.8) is 0 Å². The lowest BCUT2D eigenvalue weighted by atomic mass is 10.2. The lowest BCUT2D eigenvalue weighted by Crippen LogP contribution is -2.37. The monoisotopic (exact) mass is 236 g/mol. The van der Waals surface area contributed by atoms with E-state index in [4.69, 9.17) is 9.94 Å². The second-order valence-electron chi connectivity index (χ2n) is 3.65. The Morgan fingerprint density at radius 1 is 1.41 bits per heavy atom. The number of aromatic nitrogens is 1. The largest absolute Gasteiger partial charge is 0.478 e. The van der Waals surface area contributed by atoms with E-state index in [1.54, 1.807) is 0 Å². The quantitative estimate of drug-likeness (QED) is 0.826. The smallest absolute Gasteiger partial charge is 0.338 e. The molecule has 1 aromatic heterocycles. The van der Waals surface area contributed by atoms with Crippen molar-refractivity contribution in [2.45, 2.75) is 12.8 Å². The van der Waals surface area contributed by atoms with Gasteiger partial charge in [-0.2, -0.15) is 0 Å². The molecule has 1 aromatic rings. The van der Waals surface area contributed by atoms with Crippen LogP contribution in [-0.2, 0) is 4.84 Å². The van der Waals surface area contributed by atoms with Crippen LogP contribution in [0.15, 0.2) is 18.3 Å². The Bertz CT molecular complexity index is 441. The van der Waals surface area contributed by atoms with E-state index in [1.807, 2.05) is 0 Å². The SMILES string of the molecule is O=C(O)c1cccnc1C(=O)N1CCCCO1. The summed E-state index contributed by atoms with van der Waals surface area (Å²) in [7, 11) is 0. The highest BCUT2D eigenvalue weighted by atomic mass is 16.7. The van der Waals surface area contributed by atoms with E-state index in [0.29, 0.717) is 13.2 Å². The summed E-state index contributed by atoms with van der Waals surface area (Å²) < 4.78 is 0. The summed E-state index contributed by atoms with van der Waals surface area (Å²) in [6.07, 6.45) is 3.14. The van der Waals surface area contributed by atoms with Crippen molar-refractivity contribution < 1.29 is 19.5 Å². The second-order valence-corrected chi connectivity index (χ2v) is 3.65. The Labute approximate surface area is 97.8 Å². The summed E-state index contributed by atoms with van der Waals surface area (Å²) in [5.41, 5.74) is -0.187. The van der Waals surface area contributed by atoms with E-state index < -0.39 is 11.9 Å². The van der Waals surface area contributed by atoms with Crippen molar-refractivity contribution >= 4 is 11.9 Å². The first-order valence-corrected chi connectivity index (χ1v) is 5.33. The summed E-state index contributed by atoms with van der Waals surface area (Å²) in [6, 6.07) is 2.84. The molecule has 1 amide bonds. The van der Waals surface area contributed by atoms with Gasteiger partial charge in [-0.3, -0.25) is 14.6 Å². The third kappa shape index (κ3) is 2.42. The first-order valence-electron chi connectivity index (χ1n) is 5.33. The molecule has 0 spiro atoms. The van der Waals surface area contributed by atoms with Gasteiger partial charge in [-0.1, -0.05) is 0 Å². The predicted molar refractivity (Wildman–Crippen MR) is 57.4 cm³/mol. The molecule has 17 heavy (non-hydrogen) atoms. The Balaban J connectivity index is 2.26. The highest BCUT2D eigenvalue weighted by molar-refractivity contribution is 6.02. The molecule has 6 nitrogen and oxygen atoms in total. The van der Waals surface area contributed by atoms with Crippen molar-refractivity contribution in [1.82, 2.24) is 10.0 Å². The number of carboxylic acid groups (broad SMARTS) is 1. The maximum atomic E-state index is 12.0. The Hall–Kier alpha value is -1.95. The third-order valence-corrected chi connectivity index (χ3v) is 2.47. The van der Waals surface area contributed by atoms with Gasteiger partial charge in [0.2, 0.25) is 0 Å². The van der Waals surface area contributed by atoms with E-state index in [-0.39, 0.29) is 11.3 Å². The summed E-state index contributed by atoms with van der Waals surface area (Å²) in [5, 5.41) is 10.1. The number of carbonyl (C=O) groups excluding carboxylic acids is 1. The van der Waals surface area contributed by atoms with E-state index in [0.717, 1.165) is 12.8 Å². The molecule has 1 N–H and O–H groups in total. The van der Waals surface area contributed by atoms with Gasteiger partial charge in [0.1, 0.15) is 5.69 Å². The molecular formula is C11H12N2O4. The number of carbonyl (C=O) groups is 2. The predicted octanol–water partition coefficient (Wildman–Crippen LogP) is 0.947. The fourth-order valence-electron chi connectivity index (χ4n) is 1.62. The molecule has 2 heterocycles. The molecule has 0 aromatic carbocycles. The van der Waals surface area contributed by atoms with E-state index >= 15 is 0 Å². The molecule has 0 radical (unpaired) electrons. The van der Waals surface area contributed by atoms with Gasteiger partial charge in [0.05, 0.1) is 12.2 Å². The number of hydrogen-bond acceptors (Lipinski definition) is 4. The minimum Gasteiger partial charge on any atom is -0.478 e. The molecule has 0 atom stereocenters. The van der Waals surface area contributed by atoms with Crippen LogP contribution in [0.4, 0.5) is 0 Å². The number of pyridine rings is 1. The molecule has 0 saturated carbocycles. The van der Waals surface area contributed by atoms with E-state index in [1.165, 1.54) is 23.4 Å². The average molecular weight is 236 g/mol. The average Bonchev–Trinajstić information content (AvgIpc) is 2.39. The molecule has 1 aliphatic heterocycles. The molecule has 0 aliphatic carbocycles. The molecule has 0 unspecified atom stereocenters. The minimum atomic E-state index is -1.17. The van der Waals surface area contributed by atoms with Gasteiger partial charge in [0, 0.05) is 12.7 Å². The number of nitrogens with zero attached hydrogens (tertiary/aromatic N) is 2. The van der Waals surface area contributed by atoms with Crippen molar-refractivity contribution in [2.75, 3.05) is 13.2 Å². The van der Waals surface area contributed by atoms with Crippen molar-refractivity contribution in [2.24, 2.45) is 0 Å². The van der Waals surface area contributed by atoms with Crippen LogP contribution in [0.2, 0.25) is 0 Å². The zero-order valence-electron chi connectivity index (χ0n) is 9.13. The fourth-order valence-corrected chi connectivity index (χ4v) is 1.62. The first-order chi connectivity index (χ1) is 8.20. The van der Waals surface area contributed by atoms with Gasteiger partial charge in [-0.25, -0.2) is 9.86 Å². The minimum absolute atomic E-state index is 0.0816. The summed E-state index contributed by atoms with van der Waals surface area (Å²) in [6.45, 7) is 0.940. The number of rotatable bonds is 2. The van der Waals surface area contributed by atoms with Crippen molar-refractivity contribution in [3.05, 3.63) is 29.6 Å². The van der Waals surface area contributed by atoms with Crippen molar-refractivity contribution in [1.29, 1.82) is 0 Å². The van der Waals surface area contributed by atoms with Gasteiger partial charge in [-0.15, -0.1) is 0 Å². The van der Waals surface area contributed by atoms with Crippen LogP contribution in [0.3, 0.4) is 0 Å². The fraction of sp³-hybridized carbons (Fsp3) is 0.364. The Morgan fingerprint density at radius 2 is 2.24 bits per heavy atom. The molecule has 2 rings (SSSR count). The Morgan fingerprint density at radius 3 is 2.88 bits per heavy atom. The zero-order chi connectivity index (χ0) is 12.3. The van der Waals surface area contributed by atoms with Gasteiger partial charge in [-0.05, 0) is 25.0 Å². The number of carboxylic acids is 1. The number of aromatic carboxylic acids is 1. The second kappa shape index (κ2) is 4.92. The molecule has 90 valence electrons. The molecule has 1 fully saturated rings. The van der Waals surface area contributed by atoms with Crippen LogP contribution in [0.1, 0.15) is 33.7 Å². The van der Waals surface area contributed by atoms with Gasteiger partial charge in [0.15, 0.2) is 0 Å². The molecule has 1 aliphatic rings. The van der Waals surface area contributed by atoms with Gasteiger partial charge < -0.3 is 5.11 Å². The van der Waals surface area contributed by atoms with Crippen LogP contribution in [0.5, 0.6) is 0 Å². The van der Waals surface area contributed by atoms with E-state index in [2.05, 4.69) is 4.98 Å². The molecule has 6 heteroatoms. The van der Waals surface area contributed by atoms with Crippen LogP contribution < -0.4 is 0 Å².